The normalized spacial score (nSPS) is 17.9. The Morgan fingerprint density at radius 3 is 2.42 bits per heavy atom. The van der Waals surface area contributed by atoms with E-state index in [1.54, 1.807) is 0 Å². The Balaban J connectivity index is 1.91. The van der Waals surface area contributed by atoms with Crippen molar-refractivity contribution in [2.45, 2.75) is 51.1 Å². The topological polar surface area (TPSA) is 67.2 Å². The lowest BCUT2D eigenvalue weighted by Crippen LogP contribution is -2.33. The Labute approximate surface area is 114 Å². The van der Waals surface area contributed by atoms with Crippen LogP contribution in [0.25, 0.3) is 0 Å². The lowest BCUT2D eigenvalue weighted by Gasteiger charge is -2.27. The van der Waals surface area contributed by atoms with Crippen LogP contribution in [0.3, 0.4) is 0 Å². The van der Waals surface area contributed by atoms with Crippen molar-refractivity contribution in [1.29, 1.82) is 0 Å². The number of nitrogens with one attached hydrogen (secondary N) is 2. The Kier molecular flexibility index (Phi) is 4.80. The molecule has 1 saturated carbocycles. The van der Waals surface area contributed by atoms with Crippen LogP contribution in [-0.2, 0) is 0 Å². The van der Waals surface area contributed by atoms with Gasteiger partial charge in [0, 0.05) is 17.8 Å². The van der Waals surface area contributed by atoms with Gasteiger partial charge in [0.1, 0.15) is 0 Å². The first-order chi connectivity index (χ1) is 9.15. The summed E-state index contributed by atoms with van der Waals surface area (Å²) in [5.74, 6) is 0. The molecule has 0 bridgehead atoms. The fraction of sp³-hybridized carbons (Fsp3) is 0.533. The predicted octanol–water partition coefficient (Wildman–Crippen LogP) is 3.16. The number of amides is 2. The van der Waals surface area contributed by atoms with E-state index in [-0.39, 0.29) is 0 Å². The van der Waals surface area contributed by atoms with Crippen molar-refractivity contribution in [3.63, 3.8) is 0 Å². The fourth-order valence-electron chi connectivity index (χ4n) is 2.72. The number of primary amides is 1. The molecule has 0 aromatic heterocycles. The van der Waals surface area contributed by atoms with E-state index >= 15 is 0 Å². The molecule has 104 valence electrons. The Morgan fingerprint density at radius 2 is 1.84 bits per heavy atom. The summed E-state index contributed by atoms with van der Waals surface area (Å²) in [7, 11) is 0. The minimum Gasteiger partial charge on any atom is -0.351 e. The highest BCUT2D eigenvalue weighted by molar-refractivity contribution is 5.87. The summed E-state index contributed by atoms with van der Waals surface area (Å²) < 4.78 is 0. The number of anilines is 1. The molecule has 0 heterocycles. The molecule has 1 aromatic carbocycles. The van der Waals surface area contributed by atoms with Gasteiger partial charge in [-0.05, 0) is 37.5 Å². The van der Waals surface area contributed by atoms with Crippen LogP contribution < -0.4 is 16.4 Å². The third-order valence-corrected chi connectivity index (χ3v) is 3.77. The van der Waals surface area contributed by atoms with Crippen LogP contribution in [0.1, 0.15) is 50.6 Å². The van der Waals surface area contributed by atoms with E-state index in [0.717, 1.165) is 5.69 Å². The number of carbonyl (C=O) groups excluding carboxylic acids is 1. The van der Waals surface area contributed by atoms with Gasteiger partial charge in [-0.2, -0.15) is 0 Å². The molecule has 2 amide bonds. The van der Waals surface area contributed by atoms with Crippen molar-refractivity contribution in [3.05, 3.63) is 29.8 Å². The number of nitrogens with two attached hydrogens (primary N) is 1. The molecular formula is C15H23N3O. The van der Waals surface area contributed by atoms with Gasteiger partial charge in [-0.3, -0.25) is 0 Å². The third-order valence-electron chi connectivity index (χ3n) is 3.77. The zero-order valence-electron chi connectivity index (χ0n) is 11.5. The van der Waals surface area contributed by atoms with Crippen LogP contribution in [0.2, 0.25) is 0 Å². The second-order valence-corrected chi connectivity index (χ2v) is 5.33. The molecule has 4 nitrogen and oxygen atoms in total. The number of carbonyl (C=O) groups is 1. The van der Waals surface area contributed by atoms with Crippen LogP contribution >= 0.6 is 0 Å². The molecule has 4 heteroatoms. The quantitative estimate of drug-likeness (QED) is 0.779. The van der Waals surface area contributed by atoms with Gasteiger partial charge in [-0.15, -0.1) is 0 Å². The first kappa shape index (κ1) is 13.9. The van der Waals surface area contributed by atoms with Crippen molar-refractivity contribution in [2.24, 2.45) is 5.73 Å². The highest BCUT2D eigenvalue weighted by Gasteiger charge is 2.16. The maximum Gasteiger partial charge on any atom is 0.316 e. The minimum absolute atomic E-state index is 0.339. The van der Waals surface area contributed by atoms with Crippen LogP contribution in [0.15, 0.2) is 24.3 Å². The standard InChI is InChI=1S/C15H23N3O/c1-11(17-13-5-3-2-4-6-13)12-7-9-14(10-8-12)18-15(16)19/h7-11,13,17H,2-6H2,1H3,(H3,16,18,19). The molecule has 0 aliphatic heterocycles. The van der Waals surface area contributed by atoms with Gasteiger partial charge in [0.15, 0.2) is 0 Å². The van der Waals surface area contributed by atoms with Crippen LogP contribution in [0.4, 0.5) is 10.5 Å². The van der Waals surface area contributed by atoms with Crippen LogP contribution in [0, 0.1) is 0 Å². The van der Waals surface area contributed by atoms with Gasteiger partial charge in [-0.25, -0.2) is 4.79 Å². The zero-order chi connectivity index (χ0) is 13.7. The summed E-state index contributed by atoms with van der Waals surface area (Å²) in [6, 6.07) is 8.30. The molecule has 19 heavy (non-hydrogen) atoms. The van der Waals surface area contributed by atoms with Crippen molar-refractivity contribution in [1.82, 2.24) is 5.32 Å². The van der Waals surface area contributed by atoms with Gasteiger partial charge < -0.3 is 16.4 Å². The number of hydrogen-bond acceptors (Lipinski definition) is 2. The highest BCUT2D eigenvalue weighted by atomic mass is 16.2. The number of rotatable bonds is 4. The molecule has 1 fully saturated rings. The second kappa shape index (κ2) is 6.57. The summed E-state index contributed by atoms with van der Waals surface area (Å²) in [6.07, 6.45) is 6.62. The smallest absolute Gasteiger partial charge is 0.316 e. The summed E-state index contributed by atoms with van der Waals surface area (Å²) in [6.45, 7) is 2.19. The first-order valence-electron chi connectivity index (χ1n) is 7.07. The van der Waals surface area contributed by atoms with E-state index in [9.17, 15) is 4.79 Å². The fourth-order valence-corrected chi connectivity index (χ4v) is 2.72. The van der Waals surface area contributed by atoms with Gasteiger partial charge in [-0.1, -0.05) is 31.4 Å². The lowest BCUT2D eigenvalue weighted by atomic mass is 9.94. The van der Waals surface area contributed by atoms with Gasteiger partial charge >= 0.3 is 6.03 Å². The maximum atomic E-state index is 10.7. The van der Waals surface area contributed by atoms with E-state index < -0.39 is 6.03 Å². The van der Waals surface area contributed by atoms with Crippen molar-refractivity contribution in [3.8, 4) is 0 Å². The SMILES string of the molecule is CC(NC1CCCCC1)c1ccc(NC(N)=O)cc1. The molecule has 2 rings (SSSR count). The number of urea groups is 1. The van der Waals surface area contributed by atoms with E-state index in [1.807, 2.05) is 24.3 Å². The molecule has 0 saturated heterocycles. The molecule has 0 spiro atoms. The molecule has 1 aromatic rings. The van der Waals surface area contributed by atoms with Crippen LogP contribution in [0.5, 0.6) is 0 Å². The van der Waals surface area contributed by atoms with E-state index in [2.05, 4.69) is 17.6 Å². The van der Waals surface area contributed by atoms with E-state index in [4.69, 9.17) is 5.73 Å². The molecule has 4 N–H and O–H groups in total. The van der Waals surface area contributed by atoms with Crippen LogP contribution in [-0.4, -0.2) is 12.1 Å². The Bertz CT molecular complexity index is 410. The van der Waals surface area contributed by atoms with Gasteiger partial charge in [0.25, 0.3) is 0 Å². The molecular weight excluding hydrogens is 238 g/mol. The van der Waals surface area contributed by atoms with Gasteiger partial charge in [0.2, 0.25) is 0 Å². The minimum atomic E-state index is -0.527. The predicted molar refractivity (Wildman–Crippen MR) is 78.1 cm³/mol. The number of benzene rings is 1. The summed E-state index contributed by atoms with van der Waals surface area (Å²) in [5.41, 5.74) is 7.06. The average Bonchev–Trinajstić information content (AvgIpc) is 2.40. The molecule has 1 atom stereocenters. The average molecular weight is 261 g/mol. The van der Waals surface area contributed by atoms with Crippen molar-refractivity contribution in [2.75, 3.05) is 5.32 Å². The second-order valence-electron chi connectivity index (χ2n) is 5.33. The van der Waals surface area contributed by atoms with E-state index in [0.29, 0.717) is 12.1 Å². The zero-order valence-corrected chi connectivity index (χ0v) is 11.5. The molecule has 1 aliphatic carbocycles. The summed E-state index contributed by atoms with van der Waals surface area (Å²) in [5, 5.41) is 6.25. The summed E-state index contributed by atoms with van der Waals surface area (Å²) >= 11 is 0. The highest BCUT2D eigenvalue weighted by Crippen LogP contribution is 2.22. The molecule has 0 radical (unpaired) electrons. The lowest BCUT2D eigenvalue weighted by molar-refractivity contribution is 0.259. The molecule has 1 aliphatic rings. The molecule has 1 unspecified atom stereocenters. The Morgan fingerprint density at radius 1 is 1.21 bits per heavy atom. The summed E-state index contributed by atoms with van der Waals surface area (Å²) in [4.78, 5) is 10.7. The maximum absolute atomic E-state index is 10.7. The largest absolute Gasteiger partial charge is 0.351 e. The third kappa shape index (κ3) is 4.24. The van der Waals surface area contributed by atoms with Gasteiger partial charge in [0.05, 0.1) is 0 Å². The van der Waals surface area contributed by atoms with Crippen molar-refractivity contribution < 1.29 is 4.79 Å². The Hall–Kier alpha value is -1.55. The first-order valence-corrected chi connectivity index (χ1v) is 7.07. The number of hydrogen-bond donors (Lipinski definition) is 3. The van der Waals surface area contributed by atoms with Crippen molar-refractivity contribution >= 4 is 11.7 Å². The van der Waals surface area contributed by atoms with E-state index in [1.165, 1.54) is 37.7 Å². The monoisotopic (exact) mass is 261 g/mol.